The zero-order chi connectivity index (χ0) is 14.0. The molecule has 0 radical (unpaired) electrons. The lowest BCUT2D eigenvalue weighted by Crippen LogP contribution is -2.14. The summed E-state index contributed by atoms with van der Waals surface area (Å²) in [5.41, 5.74) is 13.4. The Kier molecular flexibility index (Phi) is 3.75. The molecule has 0 unspecified atom stereocenters. The van der Waals surface area contributed by atoms with E-state index in [4.69, 9.17) is 11.5 Å². The van der Waals surface area contributed by atoms with E-state index in [1.807, 2.05) is 13.2 Å². The van der Waals surface area contributed by atoms with E-state index in [-0.39, 0.29) is 0 Å². The lowest BCUT2D eigenvalue weighted by atomic mass is 10.1. The molecule has 0 saturated heterocycles. The molecule has 1 aromatic heterocycles. The van der Waals surface area contributed by atoms with Gasteiger partial charge < -0.3 is 16.8 Å². The first-order chi connectivity index (χ1) is 8.97. The third-order valence-electron chi connectivity index (χ3n) is 2.65. The van der Waals surface area contributed by atoms with E-state index >= 15 is 0 Å². The predicted octanol–water partition coefficient (Wildman–Crippen LogP) is 1.48. The van der Waals surface area contributed by atoms with Crippen LogP contribution in [0.15, 0.2) is 29.0 Å². The van der Waals surface area contributed by atoms with Gasteiger partial charge in [-0.05, 0) is 28.1 Å². The van der Waals surface area contributed by atoms with Gasteiger partial charge >= 0.3 is 0 Å². The second kappa shape index (κ2) is 5.31. The summed E-state index contributed by atoms with van der Waals surface area (Å²) < 4.78 is 2.50. The maximum Gasteiger partial charge on any atom is 0.250 e. The summed E-state index contributed by atoms with van der Waals surface area (Å²) >= 11 is 3.39. The Morgan fingerprint density at radius 2 is 2.26 bits per heavy atom. The van der Waals surface area contributed by atoms with Crippen molar-refractivity contribution in [1.29, 1.82) is 0 Å². The molecule has 0 saturated carbocycles. The number of rotatable bonds is 4. The number of nitrogens with two attached hydrogens (primary N) is 2. The van der Waals surface area contributed by atoms with Crippen molar-refractivity contribution in [1.82, 2.24) is 9.78 Å². The molecule has 1 heterocycles. The molecule has 0 atom stereocenters. The number of hydrogen-bond donors (Lipinski definition) is 3. The number of nitrogens with one attached hydrogen (secondary N) is 1. The number of nitrogen functional groups attached to an aromatic ring is 1. The Morgan fingerprint density at radius 3 is 2.84 bits per heavy atom. The monoisotopic (exact) mass is 323 g/mol. The summed E-state index contributed by atoms with van der Waals surface area (Å²) in [6.07, 6.45) is 3.68. The topological polar surface area (TPSA) is 99.0 Å². The van der Waals surface area contributed by atoms with Crippen molar-refractivity contribution in [3.8, 4) is 0 Å². The van der Waals surface area contributed by atoms with E-state index in [9.17, 15) is 4.79 Å². The summed E-state index contributed by atoms with van der Waals surface area (Å²) in [4.78, 5) is 11.2. The van der Waals surface area contributed by atoms with E-state index in [0.717, 1.165) is 15.7 Å². The molecule has 2 rings (SSSR count). The van der Waals surface area contributed by atoms with Crippen molar-refractivity contribution in [2.45, 2.75) is 6.54 Å². The number of aromatic nitrogens is 2. The Hall–Kier alpha value is -2.02. The van der Waals surface area contributed by atoms with Gasteiger partial charge in [0.25, 0.3) is 5.91 Å². The van der Waals surface area contributed by atoms with Crippen LogP contribution in [0.1, 0.15) is 15.9 Å². The molecule has 1 aromatic carbocycles. The molecule has 19 heavy (non-hydrogen) atoms. The zero-order valence-electron chi connectivity index (χ0n) is 10.4. The summed E-state index contributed by atoms with van der Waals surface area (Å²) in [6.45, 7) is 0.592. The minimum atomic E-state index is -0.547. The van der Waals surface area contributed by atoms with Crippen LogP contribution in [0, 0.1) is 0 Å². The number of carbonyl (C=O) groups excluding carboxylic acids is 1. The molecule has 0 aliphatic rings. The minimum Gasteiger partial charge on any atom is -0.398 e. The Bertz CT molecular complexity index is 623. The highest BCUT2D eigenvalue weighted by molar-refractivity contribution is 9.10. The van der Waals surface area contributed by atoms with Gasteiger partial charge in [-0.3, -0.25) is 9.48 Å². The highest BCUT2D eigenvalue weighted by Gasteiger charge is 2.10. The molecule has 0 aliphatic carbocycles. The number of halogens is 1. The van der Waals surface area contributed by atoms with Gasteiger partial charge in [-0.15, -0.1) is 0 Å². The summed E-state index contributed by atoms with van der Waals surface area (Å²) in [5.74, 6) is -0.547. The highest BCUT2D eigenvalue weighted by Crippen LogP contribution is 2.28. The molecule has 2 aromatic rings. The molecule has 0 spiro atoms. The summed E-state index contributed by atoms with van der Waals surface area (Å²) in [5, 5.41) is 7.28. The van der Waals surface area contributed by atoms with Crippen molar-refractivity contribution >= 4 is 33.2 Å². The average Bonchev–Trinajstić information content (AvgIpc) is 2.73. The van der Waals surface area contributed by atoms with Crippen LogP contribution in [0.25, 0.3) is 0 Å². The van der Waals surface area contributed by atoms with Crippen LogP contribution >= 0.6 is 15.9 Å². The predicted molar refractivity (Wildman–Crippen MR) is 77.6 cm³/mol. The molecule has 100 valence electrons. The number of carbonyl (C=O) groups is 1. The van der Waals surface area contributed by atoms with Gasteiger partial charge in [0.05, 0.1) is 11.8 Å². The first kappa shape index (κ1) is 13.4. The molecular weight excluding hydrogens is 310 g/mol. The summed E-state index contributed by atoms with van der Waals surface area (Å²) in [6, 6.07) is 3.30. The number of hydrogen-bond acceptors (Lipinski definition) is 4. The Balaban J connectivity index is 2.20. The first-order valence-corrected chi connectivity index (χ1v) is 6.37. The number of anilines is 2. The van der Waals surface area contributed by atoms with Crippen LogP contribution in [0.2, 0.25) is 0 Å². The first-order valence-electron chi connectivity index (χ1n) is 5.57. The van der Waals surface area contributed by atoms with Crippen molar-refractivity contribution in [2.75, 3.05) is 11.1 Å². The standard InChI is InChI=1S/C12H14BrN5O/c1-18-6-7(5-17-18)4-16-11-2-8(12(15)19)10(14)3-9(11)13/h2-3,5-6,16H,4,14H2,1H3,(H2,15,19). The molecule has 0 aliphatic heterocycles. The number of nitrogens with zero attached hydrogens (tertiary/aromatic N) is 2. The van der Waals surface area contributed by atoms with Gasteiger partial charge in [0.15, 0.2) is 0 Å². The lowest BCUT2D eigenvalue weighted by molar-refractivity contribution is 0.100. The number of primary amides is 1. The number of amides is 1. The largest absolute Gasteiger partial charge is 0.398 e. The third kappa shape index (κ3) is 3.05. The van der Waals surface area contributed by atoms with E-state index in [2.05, 4.69) is 26.3 Å². The quantitative estimate of drug-likeness (QED) is 0.742. The maximum absolute atomic E-state index is 11.2. The molecule has 0 fully saturated rings. The summed E-state index contributed by atoms with van der Waals surface area (Å²) in [7, 11) is 1.85. The van der Waals surface area contributed by atoms with E-state index in [1.54, 1.807) is 23.0 Å². The second-order valence-corrected chi connectivity index (χ2v) is 5.01. The van der Waals surface area contributed by atoms with Gasteiger partial charge in [-0.2, -0.15) is 5.10 Å². The fourth-order valence-electron chi connectivity index (χ4n) is 1.70. The van der Waals surface area contributed by atoms with Crippen LogP contribution in [0.4, 0.5) is 11.4 Å². The maximum atomic E-state index is 11.2. The third-order valence-corrected chi connectivity index (χ3v) is 3.30. The smallest absolute Gasteiger partial charge is 0.250 e. The van der Waals surface area contributed by atoms with Gasteiger partial charge in [0.2, 0.25) is 0 Å². The van der Waals surface area contributed by atoms with Gasteiger partial charge in [0, 0.05) is 41.2 Å². The normalized spacial score (nSPS) is 10.4. The number of aryl methyl sites for hydroxylation is 1. The zero-order valence-corrected chi connectivity index (χ0v) is 11.9. The van der Waals surface area contributed by atoms with Crippen LogP contribution in [0.3, 0.4) is 0 Å². The van der Waals surface area contributed by atoms with Crippen molar-refractivity contribution in [3.63, 3.8) is 0 Å². The fraction of sp³-hybridized carbons (Fsp3) is 0.167. The highest BCUT2D eigenvalue weighted by atomic mass is 79.9. The minimum absolute atomic E-state index is 0.303. The molecule has 5 N–H and O–H groups in total. The Morgan fingerprint density at radius 1 is 1.53 bits per heavy atom. The van der Waals surface area contributed by atoms with Crippen LogP contribution < -0.4 is 16.8 Å². The molecule has 0 bridgehead atoms. The van der Waals surface area contributed by atoms with E-state index in [0.29, 0.717) is 17.8 Å². The Labute approximate surface area is 118 Å². The molecular formula is C12H14BrN5O. The number of benzene rings is 1. The molecule has 7 heteroatoms. The van der Waals surface area contributed by atoms with Gasteiger partial charge in [0.1, 0.15) is 0 Å². The van der Waals surface area contributed by atoms with Crippen LogP contribution in [-0.4, -0.2) is 15.7 Å². The second-order valence-electron chi connectivity index (χ2n) is 4.16. The van der Waals surface area contributed by atoms with Crippen molar-refractivity contribution in [2.24, 2.45) is 12.8 Å². The van der Waals surface area contributed by atoms with E-state index < -0.39 is 5.91 Å². The van der Waals surface area contributed by atoms with Crippen molar-refractivity contribution in [3.05, 3.63) is 40.1 Å². The lowest BCUT2D eigenvalue weighted by Gasteiger charge is -2.10. The van der Waals surface area contributed by atoms with Crippen LogP contribution in [-0.2, 0) is 13.6 Å². The average molecular weight is 324 g/mol. The van der Waals surface area contributed by atoms with E-state index in [1.165, 1.54) is 0 Å². The van der Waals surface area contributed by atoms with Crippen LogP contribution in [0.5, 0.6) is 0 Å². The van der Waals surface area contributed by atoms with Gasteiger partial charge in [-0.1, -0.05) is 0 Å². The van der Waals surface area contributed by atoms with Crippen molar-refractivity contribution < 1.29 is 4.79 Å². The van der Waals surface area contributed by atoms with Gasteiger partial charge in [-0.25, -0.2) is 0 Å². The fourth-order valence-corrected chi connectivity index (χ4v) is 2.20. The molecule has 6 nitrogen and oxygen atoms in total. The molecule has 1 amide bonds. The SMILES string of the molecule is Cn1cc(CNc2cc(C(N)=O)c(N)cc2Br)cn1.